The lowest BCUT2D eigenvalue weighted by Gasteiger charge is -2.26. The van der Waals surface area contributed by atoms with Gasteiger partial charge in [0.25, 0.3) is 5.56 Å². The minimum Gasteiger partial charge on any atom is -0.491 e. The molecule has 0 bridgehead atoms. The number of rotatable bonds is 9. The number of furan rings is 1. The van der Waals surface area contributed by atoms with Crippen LogP contribution in [0.5, 0.6) is 5.75 Å². The van der Waals surface area contributed by atoms with Gasteiger partial charge in [-0.05, 0) is 82.3 Å². The number of carbonyl (C=O) groups excluding carboxylic acids is 1. The fraction of sp³-hybridized carbons (Fsp3) is 0.229. The summed E-state index contributed by atoms with van der Waals surface area (Å²) in [6.07, 6.45) is 1.69. The fourth-order valence-electron chi connectivity index (χ4n) is 5.18. The maximum Gasteiger partial charge on any atom is 0.338 e. The normalized spacial score (nSPS) is 14.7. The lowest BCUT2D eigenvalue weighted by molar-refractivity contribution is -0.138. The molecule has 5 aromatic rings. The highest BCUT2D eigenvalue weighted by atomic mass is 32.2. The van der Waals surface area contributed by atoms with Crippen molar-refractivity contribution < 1.29 is 18.7 Å². The van der Waals surface area contributed by atoms with Crippen LogP contribution in [0.2, 0.25) is 0 Å². The summed E-state index contributed by atoms with van der Waals surface area (Å²) < 4.78 is 19.4. The Morgan fingerprint density at radius 1 is 1.04 bits per heavy atom. The third kappa shape index (κ3) is 6.61. The molecule has 4 heterocycles. The maximum atomic E-state index is 14.2. The molecule has 6 rings (SSSR count). The summed E-state index contributed by atoms with van der Waals surface area (Å²) in [5.74, 6) is 0.652. The van der Waals surface area contributed by atoms with E-state index in [4.69, 9.17) is 18.9 Å². The van der Waals surface area contributed by atoms with E-state index in [1.165, 1.54) is 23.1 Å². The van der Waals surface area contributed by atoms with E-state index in [1.807, 2.05) is 94.4 Å². The summed E-state index contributed by atoms with van der Waals surface area (Å²) in [5, 5.41) is 1.18. The molecule has 11 heteroatoms. The first-order valence-corrected chi connectivity index (χ1v) is 16.5. The van der Waals surface area contributed by atoms with E-state index in [-0.39, 0.29) is 23.8 Å². The van der Waals surface area contributed by atoms with Crippen LogP contribution in [0, 0.1) is 13.8 Å². The molecule has 2 aromatic carbocycles. The number of thiazole rings is 1. The van der Waals surface area contributed by atoms with Gasteiger partial charge < -0.3 is 13.9 Å². The van der Waals surface area contributed by atoms with Gasteiger partial charge in [0.1, 0.15) is 11.5 Å². The summed E-state index contributed by atoms with van der Waals surface area (Å²) >= 11 is 2.55. The number of benzene rings is 2. The molecule has 3 aromatic heterocycles. The SMILES string of the molecule is CCOC(=O)C1=C(c2ccccc2)N=c2s/c(=C\c3ccc(Sc4nc(C)cc(C)n4)o3)c(=O)n2[C@@H]1c1ccc(OC(C)C)cc1. The van der Waals surface area contributed by atoms with Crippen molar-refractivity contribution in [2.75, 3.05) is 6.61 Å². The third-order valence-electron chi connectivity index (χ3n) is 6.97. The highest BCUT2D eigenvalue weighted by Crippen LogP contribution is 2.36. The van der Waals surface area contributed by atoms with Gasteiger partial charge in [-0.1, -0.05) is 53.8 Å². The van der Waals surface area contributed by atoms with E-state index >= 15 is 0 Å². The van der Waals surface area contributed by atoms with E-state index in [2.05, 4.69) is 9.97 Å². The molecular weight excluding hydrogens is 621 g/mol. The van der Waals surface area contributed by atoms with Gasteiger partial charge in [0.2, 0.25) is 0 Å². The second kappa shape index (κ2) is 13.3. The van der Waals surface area contributed by atoms with Gasteiger partial charge in [0.15, 0.2) is 15.1 Å². The molecule has 0 saturated carbocycles. The van der Waals surface area contributed by atoms with Crippen LogP contribution in [0.15, 0.2) is 103 Å². The molecule has 46 heavy (non-hydrogen) atoms. The van der Waals surface area contributed by atoms with Crippen molar-refractivity contribution in [3.05, 3.63) is 126 Å². The Morgan fingerprint density at radius 2 is 1.76 bits per heavy atom. The summed E-state index contributed by atoms with van der Waals surface area (Å²) in [6.45, 7) is 9.68. The Hall–Kier alpha value is -4.74. The molecule has 0 N–H and O–H groups in total. The smallest absolute Gasteiger partial charge is 0.338 e. The Kier molecular flexibility index (Phi) is 9.05. The minimum atomic E-state index is -0.787. The number of esters is 1. The number of carbonyl (C=O) groups is 1. The molecular formula is C35H32N4O5S2. The Labute approximate surface area is 274 Å². The molecule has 0 aliphatic carbocycles. The zero-order valence-electron chi connectivity index (χ0n) is 26.0. The predicted molar refractivity (Wildman–Crippen MR) is 178 cm³/mol. The van der Waals surface area contributed by atoms with Crippen LogP contribution in [0.25, 0.3) is 11.8 Å². The van der Waals surface area contributed by atoms with Gasteiger partial charge in [-0.15, -0.1) is 0 Å². The van der Waals surface area contributed by atoms with Crippen LogP contribution in [0.4, 0.5) is 0 Å². The third-order valence-corrected chi connectivity index (χ3v) is 8.74. The van der Waals surface area contributed by atoms with E-state index in [0.29, 0.717) is 36.8 Å². The lowest BCUT2D eigenvalue weighted by atomic mass is 9.93. The van der Waals surface area contributed by atoms with E-state index < -0.39 is 12.0 Å². The lowest BCUT2D eigenvalue weighted by Crippen LogP contribution is -2.40. The van der Waals surface area contributed by atoms with E-state index in [1.54, 1.807) is 23.6 Å². The highest BCUT2D eigenvalue weighted by Gasteiger charge is 2.35. The van der Waals surface area contributed by atoms with Crippen LogP contribution in [-0.2, 0) is 9.53 Å². The maximum absolute atomic E-state index is 14.2. The van der Waals surface area contributed by atoms with Gasteiger partial charge in [0, 0.05) is 23.0 Å². The molecule has 0 fully saturated rings. The van der Waals surface area contributed by atoms with Crippen LogP contribution >= 0.6 is 23.1 Å². The zero-order chi connectivity index (χ0) is 32.4. The number of fused-ring (bicyclic) bond motifs is 1. The molecule has 0 amide bonds. The highest BCUT2D eigenvalue weighted by molar-refractivity contribution is 7.99. The van der Waals surface area contributed by atoms with Gasteiger partial charge in [-0.25, -0.2) is 19.8 Å². The van der Waals surface area contributed by atoms with Crippen molar-refractivity contribution in [3.8, 4) is 5.75 Å². The van der Waals surface area contributed by atoms with E-state index in [9.17, 15) is 9.59 Å². The second-order valence-corrected chi connectivity index (χ2v) is 12.8. The fourth-order valence-corrected chi connectivity index (χ4v) is 7.00. The predicted octanol–water partition coefficient (Wildman–Crippen LogP) is 5.87. The van der Waals surface area contributed by atoms with Crippen molar-refractivity contribution in [1.29, 1.82) is 0 Å². The number of hydrogen-bond acceptors (Lipinski definition) is 10. The van der Waals surface area contributed by atoms with Crippen LogP contribution < -0.4 is 19.6 Å². The van der Waals surface area contributed by atoms with Crippen LogP contribution in [0.1, 0.15) is 55.1 Å². The summed E-state index contributed by atoms with van der Waals surface area (Å²) in [5.41, 5.74) is 3.66. The summed E-state index contributed by atoms with van der Waals surface area (Å²) in [4.78, 5) is 42.2. The Balaban J connectivity index is 1.49. The molecule has 1 aliphatic heterocycles. The summed E-state index contributed by atoms with van der Waals surface area (Å²) in [7, 11) is 0. The average molecular weight is 653 g/mol. The quantitative estimate of drug-likeness (QED) is 0.144. The van der Waals surface area contributed by atoms with Gasteiger partial charge in [0.05, 0.1) is 34.6 Å². The standard InChI is InChI=1S/C35H32N4O5S2/c1-6-42-33(41)29-30(23-10-8-7-9-11-23)38-35-39(31(29)24-12-14-25(15-13-24)43-20(2)3)32(40)27(45-35)19-26-16-17-28(44-26)46-34-36-21(4)18-22(5)37-34/h7-20,31H,6H2,1-5H3/b27-19-/t31-/m1/s1. The molecule has 0 unspecified atom stereocenters. The largest absolute Gasteiger partial charge is 0.491 e. The van der Waals surface area contributed by atoms with Crippen molar-refractivity contribution in [3.63, 3.8) is 0 Å². The molecule has 0 saturated heterocycles. The number of nitrogens with zero attached hydrogens (tertiary/aromatic N) is 4. The first kappa shape index (κ1) is 31.3. The van der Waals surface area contributed by atoms with Crippen molar-refractivity contribution in [2.45, 2.75) is 57.0 Å². The zero-order valence-corrected chi connectivity index (χ0v) is 27.6. The van der Waals surface area contributed by atoms with Crippen LogP contribution in [0.3, 0.4) is 0 Å². The molecule has 9 nitrogen and oxygen atoms in total. The van der Waals surface area contributed by atoms with Crippen molar-refractivity contribution >= 4 is 40.8 Å². The van der Waals surface area contributed by atoms with Gasteiger partial charge in [-0.2, -0.15) is 0 Å². The van der Waals surface area contributed by atoms with Crippen molar-refractivity contribution in [1.82, 2.24) is 14.5 Å². The monoisotopic (exact) mass is 652 g/mol. The second-order valence-electron chi connectivity index (χ2n) is 10.9. The first-order valence-electron chi connectivity index (χ1n) is 14.8. The van der Waals surface area contributed by atoms with Crippen LogP contribution in [-0.4, -0.2) is 33.2 Å². The Morgan fingerprint density at radius 3 is 2.43 bits per heavy atom. The number of ether oxygens (including phenoxy) is 2. The molecule has 1 atom stereocenters. The molecule has 234 valence electrons. The first-order chi connectivity index (χ1) is 22.2. The van der Waals surface area contributed by atoms with Crippen molar-refractivity contribution in [2.24, 2.45) is 4.99 Å². The van der Waals surface area contributed by atoms with Gasteiger partial charge >= 0.3 is 5.97 Å². The average Bonchev–Trinajstić information content (AvgIpc) is 3.59. The van der Waals surface area contributed by atoms with Gasteiger partial charge in [-0.3, -0.25) is 9.36 Å². The molecule has 0 spiro atoms. The number of aryl methyl sites for hydroxylation is 2. The van der Waals surface area contributed by atoms with E-state index in [0.717, 1.165) is 22.5 Å². The number of aromatic nitrogens is 3. The summed E-state index contributed by atoms with van der Waals surface area (Å²) in [6, 6.07) is 21.6. The number of hydrogen-bond donors (Lipinski definition) is 0. The topological polar surface area (TPSA) is 109 Å². The minimum absolute atomic E-state index is 0.00263. The Bertz CT molecular complexity index is 2090. The molecule has 1 aliphatic rings. The molecule has 0 radical (unpaired) electrons.